The largest absolute Gasteiger partial charge is 0.456 e. The summed E-state index contributed by atoms with van der Waals surface area (Å²) in [5.41, 5.74) is 22.1. The number of aromatic nitrogens is 3. The lowest BCUT2D eigenvalue weighted by Crippen LogP contribution is -2.01. The zero-order valence-electron chi connectivity index (χ0n) is 33.7. The summed E-state index contributed by atoms with van der Waals surface area (Å²) < 4.78 is 6.77. The molecule has 0 N–H and O–H groups in total. The van der Waals surface area contributed by atoms with Gasteiger partial charge in [0.05, 0.1) is 11.9 Å². The van der Waals surface area contributed by atoms with Gasteiger partial charge >= 0.3 is 0 Å². The summed E-state index contributed by atoms with van der Waals surface area (Å²) in [7, 11) is 0. The molecule has 0 atom stereocenters. The zero-order chi connectivity index (χ0) is 41.0. The van der Waals surface area contributed by atoms with E-state index in [1.165, 1.54) is 44.5 Å². The number of para-hydroxylation sites is 1. The van der Waals surface area contributed by atoms with Crippen molar-refractivity contribution in [1.29, 1.82) is 0 Å². The molecule has 2 aromatic heterocycles. The highest BCUT2D eigenvalue weighted by Crippen LogP contribution is 2.56. The first-order valence-electron chi connectivity index (χ1n) is 21.1. The summed E-state index contributed by atoms with van der Waals surface area (Å²) in [6.45, 7) is 0. The number of fused-ring (bicyclic) bond motifs is 6. The van der Waals surface area contributed by atoms with Gasteiger partial charge in [-0.05, 0) is 125 Å². The Hall–Kier alpha value is -8.21. The second-order valence-corrected chi connectivity index (χ2v) is 15.9. The summed E-state index contributed by atoms with van der Waals surface area (Å²) in [5, 5.41) is 15.4. The quantitative estimate of drug-likeness (QED) is 0.161. The van der Waals surface area contributed by atoms with Gasteiger partial charge < -0.3 is 4.42 Å². The fraction of sp³-hybridized carbons (Fsp3) is 0.0172. The van der Waals surface area contributed by atoms with Gasteiger partial charge in [-0.2, -0.15) is 0 Å². The molecule has 0 unspecified atom stereocenters. The number of hydrogen-bond acceptors (Lipinski definition) is 4. The van der Waals surface area contributed by atoms with Crippen LogP contribution in [0.3, 0.4) is 0 Å². The molecular formula is C58H37N3O. The molecule has 2 heterocycles. The molecule has 9 aromatic carbocycles. The summed E-state index contributed by atoms with van der Waals surface area (Å²) in [4.78, 5) is 0. The highest BCUT2D eigenvalue weighted by Gasteiger charge is 2.31. The molecule has 0 amide bonds. The molecule has 290 valence electrons. The fourth-order valence-electron chi connectivity index (χ4n) is 9.84. The molecule has 1 aliphatic carbocycles. The molecule has 0 bridgehead atoms. The van der Waals surface area contributed by atoms with E-state index in [4.69, 9.17) is 9.52 Å². The topological polar surface area (TPSA) is 51.8 Å². The standard InChI is InChI=1S/C58H37N3O/c1-5-17-37(18-6-1)43-29-30-46(57(50-33-34-59-61-60-50)53(43)39-21-9-3-10-22-39)55-45(31-32-52-58(55)44-27-15-16-28-51(44)62-52)56-49-35-41-25-13-14-26-42(41)48(49)36-47(38-19-7-2-8-20-38)54(56)40-23-11-4-12-24-40/h1-34,36H,35H2. The van der Waals surface area contributed by atoms with Crippen LogP contribution in [0.15, 0.2) is 217 Å². The van der Waals surface area contributed by atoms with Crippen LogP contribution in [0, 0.1) is 0 Å². The van der Waals surface area contributed by atoms with Crippen molar-refractivity contribution in [3.8, 4) is 89.1 Å². The minimum absolute atomic E-state index is 0.737. The summed E-state index contributed by atoms with van der Waals surface area (Å²) in [6, 6.07) is 73.9. The predicted molar refractivity (Wildman–Crippen MR) is 253 cm³/mol. The van der Waals surface area contributed by atoms with Gasteiger partial charge in [-0.25, -0.2) is 0 Å². The Kier molecular flexibility index (Phi) is 8.53. The van der Waals surface area contributed by atoms with Gasteiger partial charge in [-0.1, -0.05) is 176 Å². The summed E-state index contributed by atoms with van der Waals surface area (Å²) >= 11 is 0. The molecule has 0 saturated heterocycles. The van der Waals surface area contributed by atoms with E-state index in [0.29, 0.717) is 0 Å². The number of rotatable bonds is 7. The van der Waals surface area contributed by atoms with Crippen LogP contribution in [-0.2, 0) is 6.42 Å². The second kappa shape index (κ2) is 14.8. The molecule has 12 rings (SSSR count). The fourth-order valence-corrected chi connectivity index (χ4v) is 9.84. The van der Waals surface area contributed by atoms with E-state index in [1.807, 2.05) is 12.1 Å². The average Bonchev–Trinajstić information content (AvgIpc) is 3.92. The first-order chi connectivity index (χ1) is 30.8. The van der Waals surface area contributed by atoms with E-state index >= 15 is 0 Å². The third kappa shape index (κ3) is 5.80. The first-order valence-corrected chi connectivity index (χ1v) is 21.1. The van der Waals surface area contributed by atoms with Crippen molar-refractivity contribution in [1.82, 2.24) is 15.4 Å². The Morgan fingerprint density at radius 3 is 1.63 bits per heavy atom. The van der Waals surface area contributed by atoms with Crippen LogP contribution in [0.2, 0.25) is 0 Å². The van der Waals surface area contributed by atoms with Crippen molar-refractivity contribution >= 4 is 21.9 Å². The highest BCUT2D eigenvalue weighted by molar-refractivity contribution is 6.20. The van der Waals surface area contributed by atoms with E-state index in [1.54, 1.807) is 6.20 Å². The minimum Gasteiger partial charge on any atom is -0.456 e. The number of nitrogens with zero attached hydrogens (tertiary/aromatic N) is 3. The molecule has 0 aliphatic heterocycles. The Bertz CT molecular complexity index is 3450. The maximum Gasteiger partial charge on any atom is 0.136 e. The number of benzene rings is 9. The van der Waals surface area contributed by atoms with Crippen LogP contribution >= 0.6 is 0 Å². The van der Waals surface area contributed by atoms with Crippen molar-refractivity contribution in [2.24, 2.45) is 0 Å². The Morgan fingerprint density at radius 1 is 0.371 bits per heavy atom. The Labute approximate surface area is 359 Å². The van der Waals surface area contributed by atoms with E-state index in [-0.39, 0.29) is 0 Å². The van der Waals surface area contributed by atoms with Gasteiger partial charge in [-0.3, -0.25) is 0 Å². The smallest absolute Gasteiger partial charge is 0.136 e. The maximum atomic E-state index is 6.77. The van der Waals surface area contributed by atoms with Crippen LogP contribution in [0.4, 0.5) is 0 Å². The third-order valence-corrected chi connectivity index (χ3v) is 12.5. The molecule has 4 heteroatoms. The maximum absolute atomic E-state index is 6.77. The van der Waals surface area contributed by atoms with E-state index in [0.717, 1.165) is 84.1 Å². The molecule has 11 aromatic rings. The van der Waals surface area contributed by atoms with E-state index in [9.17, 15) is 0 Å². The summed E-state index contributed by atoms with van der Waals surface area (Å²) in [6.07, 6.45) is 2.55. The molecule has 4 nitrogen and oxygen atoms in total. The van der Waals surface area contributed by atoms with Gasteiger partial charge in [0.1, 0.15) is 11.2 Å². The zero-order valence-corrected chi connectivity index (χ0v) is 33.7. The van der Waals surface area contributed by atoms with Crippen molar-refractivity contribution in [2.45, 2.75) is 6.42 Å². The molecule has 0 fully saturated rings. The third-order valence-electron chi connectivity index (χ3n) is 12.5. The van der Waals surface area contributed by atoms with Crippen molar-refractivity contribution < 1.29 is 4.42 Å². The SMILES string of the molecule is c1ccc(-c2ccc(-c3c(-c4c5c(cc(-c6ccccc6)c4-c4ccccc4)-c4ccccc4C5)ccc4oc5ccccc5c34)c(-c3ccnnn3)c2-c2ccccc2)cc1. The minimum atomic E-state index is 0.737. The molecule has 1 aliphatic rings. The van der Waals surface area contributed by atoms with Gasteiger partial charge in [0.2, 0.25) is 0 Å². The van der Waals surface area contributed by atoms with E-state index in [2.05, 4.69) is 204 Å². The van der Waals surface area contributed by atoms with Crippen LogP contribution in [0.25, 0.3) is 111 Å². The van der Waals surface area contributed by atoms with Crippen LogP contribution in [0.1, 0.15) is 11.1 Å². The Morgan fingerprint density at radius 2 is 0.935 bits per heavy atom. The van der Waals surface area contributed by atoms with Gasteiger partial charge in [0.25, 0.3) is 0 Å². The lowest BCUT2D eigenvalue weighted by Gasteiger charge is -2.25. The van der Waals surface area contributed by atoms with Crippen LogP contribution < -0.4 is 0 Å². The van der Waals surface area contributed by atoms with Crippen molar-refractivity contribution in [3.63, 3.8) is 0 Å². The monoisotopic (exact) mass is 791 g/mol. The van der Waals surface area contributed by atoms with Crippen molar-refractivity contribution in [2.75, 3.05) is 0 Å². The number of furan rings is 1. The highest BCUT2D eigenvalue weighted by atomic mass is 16.3. The van der Waals surface area contributed by atoms with Gasteiger partial charge in [0, 0.05) is 21.9 Å². The summed E-state index contributed by atoms with van der Waals surface area (Å²) in [5.74, 6) is 0. The van der Waals surface area contributed by atoms with E-state index < -0.39 is 0 Å². The molecule has 0 radical (unpaired) electrons. The second-order valence-electron chi connectivity index (χ2n) is 15.9. The molecule has 62 heavy (non-hydrogen) atoms. The van der Waals surface area contributed by atoms with Gasteiger partial charge in [-0.15, -0.1) is 10.2 Å². The van der Waals surface area contributed by atoms with Crippen LogP contribution in [-0.4, -0.2) is 15.4 Å². The lowest BCUT2D eigenvalue weighted by molar-refractivity contribution is 0.669. The molecule has 0 saturated carbocycles. The Balaban J connectivity index is 1.30. The van der Waals surface area contributed by atoms with Gasteiger partial charge in [0.15, 0.2) is 0 Å². The van der Waals surface area contributed by atoms with Crippen molar-refractivity contribution in [3.05, 3.63) is 224 Å². The predicted octanol–water partition coefficient (Wildman–Crippen LogP) is 15.0. The number of hydrogen-bond donors (Lipinski definition) is 0. The normalized spacial score (nSPS) is 11.8. The molecular weight excluding hydrogens is 755 g/mol. The first kappa shape index (κ1) is 35.7. The lowest BCUT2D eigenvalue weighted by atomic mass is 9.77. The van der Waals surface area contributed by atoms with Crippen LogP contribution in [0.5, 0.6) is 0 Å². The molecule has 0 spiro atoms. The average molecular weight is 792 g/mol.